The molecule has 6 heteroatoms. The zero-order valence-electron chi connectivity index (χ0n) is 16.2. The van der Waals surface area contributed by atoms with Gasteiger partial charge in [-0.2, -0.15) is 0 Å². The molecule has 2 aromatic rings. The summed E-state index contributed by atoms with van der Waals surface area (Å²) in [5, 5.41) is 5.67. The third-order valence-electron chi connectivity index (χ3n) is 4.77. The first-order chi connectivity index (χ1) is 13.6. The molecule has 3 amide bonds. The molecule has 148 valence electrons. The number of benzene rings is 2. The van der Waals surface area contributed by atoms with Crippen molar-refractivity contribution in [3.63, 3.8) is 0 Å². The molecule has 0 saturated carbocycles. The number of nitrogens with one attached hydrogen (secondary N) is 2. The first-order valence-electron chi connectivity index (χ1n) is 9.67. The molecule has 0 atom stereocenters. The zero-order chi connectivity index (χ0) is 19.8. The van der Waals surface area contributed by atoms with E-state index in [1.54, 1.807) is 0 Å². The molecule has 1 aliphatic heterocycles. The Kier molecular flexibility index (Phi) is 6.89. The van der Waals surface area contributed by atoms with E-state index in [4.69, 9.17) is 4.74 Å². The number of carbonyl (C=O) groups excluding carboxylic acids is 2. The largest absolute Gasteiger partial charge is 0.492 e. The van der Waals surface area contributed by atoms with Crippen LogP contribution in [0.1, 0.15) is 29.5 Å². The Balaban J connectivity index is 1.40. The van der Waals surface area contributed by atoms with Crippen molar-refractivity contribution in [3.8, 4) is 5.75 Å². The fraction of sp³-hybridized carbons (Fsp3) is 0.364. The van der Waals surface area contributed by atoms with Crippen LogP contribution in [0, 0.1) is 6.92 Å². The number of ether oxygens (including phenoxy) is 1. The zero-order valence-corrected chi connectivity index (χ0v) is 16.2. The van der Waals surface area contributed by atoms with E-state index < -0.39 is 0 Å². The van der Waals surface area contributed by atoms with Gasteiger partial charge >= 0.3 is 6.03 Å². The first kappa shape index (κ1) is 19.7. The van der Waals surface area contributed by atoms with Crippen molar-refractivity contribution in [3.05, 3.63) is 65.2 Å². The van der Waals surface area contributed by atoms with E-state index in [-0.39, 0.29) is 11.9 Å². The highest BCUT2D eigenvalue weighted by molar-refractivity contribution is 5.78. The molecule has 2 N–H and O–H groups in total. The van der Waals surface area contributed by atoms with Crippen LogP contribution in [0.3, 0.4) is 0 Å². The van der Waals surface area contributed by atoms with E-state index in [1.807, 2.05) is 60.4 Å². The van der Waals surface area contributed by atoms with Gasteiger partial charge in [0.15, 0.2) is 0 Å². The number of amides is 3. The molecule has 1 heterocycles. The lowest BCUT2D eigenvalue weighted by Crippen LogP contribution is -2.37. The number of aryl methyl sites for hydroxylation is 1. The van der Waals surface area contributed by atoms with Crippen molar-refractivity contribution in [2.24, 2.45) is 0 Å². The van der Waals surface area contributed by atoms with Gasteiger partial charge in [0, 0.05) is 26.1 Å². The highest BCUT2D eigenvalue weighted by atomic mass is 16.5. The van der Waals surface area contributed by atoms with Crippen molar-refractivity contribution in [2.45, 2.75) is 32.9 Å². The summed E-state index contributed by atoms with van der Waals surface area (Å²) in [7, 11) is 0. The summed E-state index contributed by atoms with van der Waals surface area (Å²) in [5.41, 5.74) is 3.27. The lowest BCUT2D eigenvalue weighted by molar-refractivity contribution is -0.128. The monoisotopic (exact) mass is 381 g/mol. The minimum atomic E-state index is -0.237. The molecule has 6 nitrogen and oxygen atoms in total. The van der Waals surface area contributed by atoms with Crippen molar-refractivity contribution < 1.29 is 14.3 Å². The molecule has 0 radical (unpaired) electrons. The van der Waals surface area contributed by atoms with E-state index in [2.05, 4.69) is 10.6 Å². The molecule has 2 aromatic carbocycles. The SMILES string of the molecule is Cc1ccc(OCCNC(=O)NCc2ccccc2CN2CCCC2=O)cc1. The Morgan fingerprint density at radius 1 is 1.07 bits per heavy atom. The van der Waals surface area contributed by atoms with Crippen LogP contribution >= 0.6 is 0 Å². The lowest BCUT2D eigenvalue weighted by Gasteiger charge is -2.18. The normalized spacial score (nSPS) is 13.5. The van der Waals surface area contributed by atoms with Gasteiger partial charge in [-0.3, -0.25) is 4.79 Å². The van der Waals surface area contributed by atoms with Crippen LogP contribution in [-0.2, 0) is 17.9 Å². The average molecular weight is 381 g/mol. The van der Waals surface area contributed by atoms with Gasteiger partial charge in [-0.1, -0.05) is 42.0 Å². The van der Waals surface area contributed by atoms with E-state index in [9.17, 15) is 9.59 Å². The predicted molar refractivity (Wildman–Crippen MR) is 108 cm³/mol. The molecule has 1 aliphatic rings. The second-order valence-electron chi connectivity index (χ2n) is 6.96. The average Bonchev–Trinajstić information content (AvgIpc) is 3.10. The molecular formula is C22H27N3O3. The maximum atomic E-state index is 12.0. The Morgan fingerprint density at radius 3 is 2.54 bits per heavy atom. The Morgan fingerprint density at radius 2 is 1.82 bits per heavy atom. The van der Waals surface area contributed by atoms with Crippen molar-refractivity contribution in [1.29, 1.82) is 0 Å². The van der Waals surface area contributed by atoms with E-state index in [0.29, 0.717) is 32.7 Å². The smallest absolute Gasteiger partial charge is 0.315 e. The standard InChI is InChI=1S/C22H27N3O3/c1-17-8-10-20(11-9-17)28-14-12-23-22(27)24-15-18-5-2-3-6-19(18)16-25-13-4-7-21(25)26/h2-3,5-6,8-11H,4,7,12-16H2,1H3,(H2,23,24,27). The van der Waals surface area contributed by atoms with Crippen molar-refractivity contribution in [1.82, 2.24) is 15.5 Å². The van der Waals surface area contributed by atoms with Gasteiger partial charge in [0.25, 0.3) is 0 Å². The van der Waals surface area contributed by atoms with Crippen LogP contribution in [0.2, 0.25) is 0 Å². The van der Waals surface area contributed by atoms with Crippen LogP contribution < -0.4 is 15.4 Å². The topological polar surface area (TPSA) is 70.7 Å². The Labute approximate surface area is 165 Å². The van der Waals surface area contributed by atoms with Gasteiger partial charge in [0.1, 0.15) is 12.4 Å². The first-order valence-corrected chi connectivity index (χ1v) is 9.67. The number of hydrogen-bond acceptors (Lipinski definition) is 3. The molecule has 0 aromatic heterocycles. The number of hydrogen-bond donors (Lipinski definition) is 2. The van der Waals surface area contributed by atoms with E-state index in [0.717, 1.165) is 29.8 Å². The third-order valence-corrected chi connectivity index (χ3v) is 4.77. The van der Waals surface area contributed by atoms with Gasteiger partial charge in [-0.15, -0.1) is 0 Å². The maximum Gasteiger partial charge on any atom is 0.315 e. The van der Waals surface area contributed by atoms with Crippen molar-refractivity contribution >= 4 is 11.9 Å². The summed E-state index contributed by atoms with van der Waals surface area (Å²) in [6.07, 6.45) is 1.56. The minimum absolute atomic E-state index is 0.203. The summed E-state index contributed by atoms with van der Waals surface area (Å²) in [6.45, 7) is 4.68. The summed E-state index contributed by atoms with van der Waals surface area (Å²) in [6, 6.07) is 15.5. The predicted octanol–water partition coefficient (Wildman–Crippen LogP) is 3.00. The van der Waals surface area contributed by atoms with E-state index in [1.165, 1.54) is 5.56 Å². The lowest BCUT2D eigenvalue weighted by atomic mass is 10.1. The second-order valence-corrected chi connectivity index (χ2v) is 6.96. The summed E-state index contributed by atoms with van der Waals surface area (Å²) in [4.78, 5) is 25.8. The van der Waals surface area contributed by atoms with Crippen LogP contribution in [0.15, 0.2) is 48.5 Å². The van der Waals surface area contributed by atoms with Gasteiger partial charge in [-0.05, 0) is 36.6 Å². The Hall–Kier alpha value is -3.02. The number of carbonyl (C=O) groups is 2. The fourth-order valence-electron chi connectivity index (χ4n) is 3.17. The second kappa shape index (κ2) is 9.78. The minimum Gasteiger partial charge on any atom is -0.492 e. The molecule has 28 heavy (non-hydrogen) atoms. The number of urea groups is 1. The summed E-state index contributed by atoms with van der Waals surface area (Å²) < 4.78 is 5.60. The molecule has 3 rings (SSSR count). The van der Waals surface area contributed by atoms with Crippen LogP contribution in [-0.4, -0.2) is 36.5 Å². The van der Waals surface area contributed by atoms with Gasteiger partial charge in [0.05, 0.1) is 6.54 Å². The number of likely N-dealkylation sites (tertiary alicyclic amines) is 1. The van der Waals surface area contributed by atoms with Gasteiger partial charge < -0.3 is 20.3 Å². The fourth-order valence-corrected chi connectivity index (χ4v) is 3.17. The molecule has 0 unspecified atom stereocenters. The third kappa shape index (κ3) is 5.74. The summed E-state index contributed by atoms with van der Waals surface area (Å²) in [5.74, 6) is 0.993. The molecule has 0 bridgehead atoms. The Bertz CT molecular complexity index is 805. The van der Waals surface area contributed by atoms with E-state index >= 15 is 0 Å². The highest BCUT2D eigenvalue weighted by Crippen LogP contribution is 2.17. The van der Waals surface area contributed by atoms with Crippen LogP contribution in [0.5, 0.6) is 5.75 Å². The maximum absolute atomic E-state index is 12.0. The summed E-state index contributed by atoms with van der Waals surface area (Å²) >= 11 is 0. The number of nitrogens with zero attached hydrogens (tertiary/aromatic N) is 1. The quantitative estimate of drug-likeness (QED) is 0.691. The van der Waals surface area contributed by atoms with Crippen molar-refractivity contribution in [2.75, 3.05) is 19.7 Å². The molecular weight excluding hydrogens is 354 g/mol. The van der Waals surface area contributed by atoms with Gasteiger partial charge in [0.2, 0.25) is 5.91 Å². The molecule has 1 saturated heterocycles. The van der Waals surface area contributed by atoms with Gasteiger partial charge in [-0.25, -0.2) is 4.79 Å². The van der Waals surface area contributed by atoms with Crippen LogP contribution in [0.25, 0.3) is 0 Å². The molecule has 0 spiro atoms. The van der Waals surface area contributed by atoms with Crippen LogP contribution in [0.4, 0.5) is 4.79 Å². The molecule has 0 aliphatic carbocycles. The highest BCUT2D eigenvalue weighted by Gasteiger charge is 2.20. The molecule has 1 fully saturated rings. The number of rotatable bonds is 8.